The van der Waals surface area contributed by atoms with E-state index in [1.807, 2.05) is 0 Å². The van der Waals surface area contributed by atoms with Crippen LogP contribution in [0.15, 0.2) is 18.2 Å². The molecule has 0 unspecified atom stereocenters. The Balaban J connectivity index is 2.34. The van der Waals surface area contributed by atoms with E-state index in [0.717, 1.165) is 4.40 Å². The van der Waals surface area contributed by atoms with Gasteiger partial charge in [0.1, 0.15) is 16.4 Å². The molecule has 3 aromatic rings. The summed E-state index contributed by atoms with van der Waals surface area (Å²) in [5.41, 5.74) is -0.384. The number of ether oxygens (including phenoxy) is 2. The number of benzene rings is 1. The molecule has 0 bridgehead atoms. The van der Waals surface area contributed by atoms with E-state index in [4.69, 9.17) is 14.6 Å². The van der Waals surface area contributed by atoms with Gasteiger partial charge in [0.2, 0.25) is 0 Å². The lowest BCUT2D eigenvalue weighted by Crippen LogP contribution is -2.14. The lowest BCUT2D eigenvalue weighted by atomic mass is 10.1. The summed E-state index contributed by atoms with van der Waals surface area (Å²) in [7, 11) is 2.90. The molecule has 2 heterocycles. The third kappa shape index (κ3) is 2.75. The summed E-state index contributed by atoms with van der Waals surface area (Å²) in [5.74, 6) is -0.752. The van der Waals surface area contributed by atoms with E-state index >= 15 is 0 Å². The standard InChI is InChI=1S/C16H13F3N2O4S/c1-7-11(9-6-8(24-2)4-5-10(9)25-3)20-15-21(7)13(16(17,18)19)12(26-15)14(22)23/h4-6H,1-3H3,(H,22,23). The Morgan fingerprint density at radius 2 is 1.96 bits per heavy atom. The van der Waals surface area contributed by atoms with Gasteiger partial charge in [-0.25, -0.2) is 9.78 Å². The van der Waals surface area contributed by atoms with Crippen molar-refractivity contribution in [3.8, 4) is 22.8 Å². The Morgan fingerprint density at radius 1 is 1.27 bits per heavy atom. The van der Waals surface area contributed by atoms with Gasteiger partial charge in [0.05, 0.1) is 19.9 Å². The molecule has 0 spiro atoms. The van der Waals surface area contributed by atoms with E-state index in [2.05, 4.69) is 4.98 Å². The van der Waals surface area contributed by atoms with Crippen molar-refractivity contribution in [2.24, 2.45) is 0 Å². The zero-order chi connectivity index (χ0) is 19.2. The lowest BCUT2D eigenvalue weighted by molar-refractivity contribution is -0.142. The van der Waals surface area contributed by atoms with Crippen LogP contribution in [0.1, 0.15) is 21.1 Å². The fourth-order valence-corrected chi connectivity index (χ4v) is 3.73. The van der Waals surface area contributed by atoms with Crippen LogP contribution in [0.25, 0.3) is 16.2 Å². The minimum atomic E-state index is -4.84. The zero-order valence-corrected chi connectivity index (χ0v) is 14.7. The van der Waals surface area contributed by atoms with E-state index in [-0.39, 0.29) is 16.3 Å². The maximum atomic E-state index is 13.5. The summed E-state index contributed by atoms with van der Waals surface area (Å²) in [6.45, 7) is 1.45. The van der Waals surface area contributed by atoms with Crippen molar-refractivity contribution < 1.29 is 32.5 Å². The molecular formula is C16H13F3N2O4S. The molecule has 138 valence electrons. The lowest BCUT2D eigenvalue weighted by Gasteiger charge is -2.11. The summed E-state index contributed by atoms with van der Waals surface area (Å²) >= 11 is 0.472. The van der Waals surface area contributed by atoms with Crippen LogP contribution in [0.2, 0.25) is 0 Å². The minimum Gasteiger partial charge on any atom is -0.497 e. The monoisotopic (exact) mass is 386 g/mol. The molecule has 2 aromatic heterocycles. The van der Waals surface area contributed by atoms with Crippen LogP contribution in [0.5, 0.6) is 11.5 Å². The molecule has 0 saturated carbocycles. The molecule has 26 heavy (non-hydrogen) atoms. The minimum absolute atomic E-state index is 0.0629. The number of imidazole rings is 1. The number of hydrogen-bond donors (Lipinski definition) is 1. The number of aromatic nitrogens is 2. The van der Waals surface area contributed by atoms with E-state index < -0.39 is 22.7 Å². The van der Waals surface area contributed by atoms with Gasteiger partial charge >= 0.3 is 12.1 Å². The number of carboxylic acids is 1. The number of nitrogens with zero attached hydrogens (tertiary/aromatic N) is 2. The maximum Gasteiger partial charge on any atom is 0.433 e. The molecule has 0 amide bonds. The average Bonchev–Trinajstić information content (AvgIpc) is 3.11. The Kier molecular flexibility index (Phi) is 4.31. The van der Waals surface area contributed by atoms with Crippen molar-refractivity contribution in [3.05, 3.63) is 34.5 Å². The number of halogens is 3. The second-order valence-corrected chi connectivity index (χ2v) is 6.29. The van der Waals surface area contributed by atoms with Crippen molar-refractivity contribution in [1.82, 2.24) is 9.38 Å². The molecular weight excluding hydrogens is 373 g/mol. The van der Waals surface area contributed by atoms with Gasteiger partial charge in [-0.1, -0.05) is 11.3 Å². The number of rotatable bonds is 4. The summed E-state index contributed by atoms with van der Waals surface area (Å²) in [5, 5.41) is 9.11. The second kappa shape index (κ2) is 6.20. The maximum absolute atomic E-state index is 13.5. The Hall–Kier alpha value is -2.75. The number of carboxylic acid groups (broad SMARTS) is 1. The van der Waals surface area contributed by atoms with Gasteiger partial charge in [0, 0.05) is 11.3 Å². The first-order valence-electron chi connectivity index (χ1n) is 7.23. The normalized spacial score (nSPS) is 11.8. The van der Waals surface area contributed by atoms with Gasteiger partial charge in [-0.05, 0) is 25.1 Å². The smallest absolute Gasteiger partial charge is 0.433 e. The molecule has 1 N–H and O–H groups in total. The van der Waals surface area contributed by atoms with Crippen LogP contribution < -0.4 is 9.47 Å². The fraction of sp³-hybridized carbons (Fsp3) is 0.250. The van der Waals surface area contributed by atoms with Crippen molar-refractivity contribution in [2.75, 3.05) is 14.2 Å². The van der Waals surface area contributed by atoms with Gasteiger partial charge < -0.3 is 14.6 Å². The molecule has 0 aliphatic rings. The van der Waals surface area contributed by atoms with Crippen LogP contribution >= 0.6 is 11.3 Å². The fourth-order valence-electron chi connectivity index (χ4n) is 2.70. The molecule has 3 rings (SSSR count). The van der Waals surface area contributed by atoms with Crippen molar-refractivity contribution in [2.45, 2.75) is 13.1 Å². The predicted octanol–water partition coefficient (Wildman–Crippen LogP) is 4.11. The number of fused-ring (bicyclic) bond motifs is 1. The Bertz CT molecular complexity index is 1010. The zero-order valence-electron chi connectivity index (χ0n) is 13.8. The third-order valence-corrected chi connectivity index (χ3v) is 4.86. The first kappa shape index (κ1) is 18.1. The summed E-state index contributed by atoms with van der Waals surface area (Å²) in [6, 6.07) is 4.87. The van der Waals surface area contributed by atoms with E-state index in [0.29, 0.717) is 28.4 Å². The molecule has 10 heteroatoms. The number of carbonyl (C=O) groups is 1. The number of alkyl halides is 3. The largest absolute Gasteiger partial charge is 0.497 e. The number of hydrogen-bond acceptors (Lipinski definition) is 5. The molecule has 0 aliphatic carbocycles. The molecule has 6 nitrogen and oxygen atoms in total. The molecule has 0 radical (unpaired) electrons. The van der Waals surface area contributed by atoms with E-state index in [1.165, 1.54) is 21.1 Å². The van der Waals surface area contributed by atoms with Crippen molar-refractivity contribution in [1.29, 1.82) is 0 Å². The summed E-state index contributed by atoms with van der Waals surface area (Å²) < 4.78 is 51.7. The topological polar surface area (TPSA) is 73.1 Å². The van der Waals surface area contributed by atoms with Crippen molar-refractivity contribution in [3.63, 3.8) is 0 Å². The van der Waals surface area contributed by atoms with Gasteiger partial charge in [-0.3, -0.25) is 4.40 Å². The first-order valence-corrected chi connectivity index (χ1v) is 8.05. The number of methoxy groups -OCH3 is 2. The summed E-state index contributed by atoms with van der Waals surface area (Å²) in [6.07, 6.45) is -4.84. The molecule has 1 aromatic carbocycles. The van der Waals surface area contributed by atoms with Gasteiger partial charge in [0.25, 0.3) is 0 Å². The van der Waals surface area contributed by atoms with Crippen LogP contribution in [0.3, 0.4) is 0 Å². The van der Waals surface area contributed by atoms with Crippen molar-refractivity contribution >= 4 is 22.3 Å². The number of aryl methyl sites for hydroxylation is 1. The highest BCUT2D eigenvalue weighted by Crippen LogP contribution is 2.41. The molecule has 0 atom stereocenters. The second-order valence-electron chi connectivity index (χ2n) is 5.31. The van der Waals surface area contributed by atoms with Crippen LogP contribution in [-0.2, 0) is 6.18 Å². The third-order valence-electron chi connectivity index (χ3n) is 3.83. The first-order chi connectivity index (χ1) is 12.2. The van der Waals surface area contributed by atoms with Crippen LogP contribution in [0.4, 0.5) is 13.2 Å². The highest BCUT2D eigenvalue weighted by Gasteiger charge is 2.41. The Labute approximate surface area is 149 Å². The summed E-state index contributed by atoms with van der Waals surface area (Å²) in [4.78, 5) is 14.6. The van der Waals surface area contributed by atoms with E-state index in [1.54, 1.807) is 18.2 Å². The SMILES string of the molecule is COc1ccc(OC)c(-c2nc3sc(C(=O)O)c(C(F)(F)F)n3c2C)c1. The highest BCUT2D eigenvalue weighted by atomic mass is 32.1. The highest BCUT2D eigenvalue weighted by molar-refractivity contribution is 7.19. The average molecular weight is 386 g/mol. The molecule has 0 saturated heterocycles. The number of aromatic carboxylic acids is 1. The van der Waals surface area contributed by atoms with Gasteiger partial charge in [-0.15, -0.1) is 0 Å². The molecule has 0 fully saturated rings. The molecule has 0 aliphatic heterocycles. The van der Waals surface area contributed by atoms with Crippen LogP contribution in [-0.4, -0.2) is 34.7 Å². The van der Waals surface area contributed by atoms with Gasteiger partial charge in [0.15, 0.2) is 10.7 Å². The van der Waals surface area contributed by atoms with E-state index in [9.17, 15) is 18.0 Å². The quantitative estimate of drug-likeness (QED) is 0.731. The van der Waals surface area contributed by atoms with Gasteiger partial charge in [-0.2, -0.15) is 13.2 Å². The number of thiazole rings is 1. The Morgan fingerprint density at radius 3 is 2.50 bits per heavy atom. The van der Waals surface area contributed by atoms with Crippen LogP contribution in [0, 0.1) is 6.92 Å². The predicted molar refractivity (Wildman–Crippen MR) is 88.3 cm³/mol.